The Hall–Kier alpha value is -2.34. The molecule has 1 atom stereocenters. The lowest BCUT2D eigenvalue weighted by molar-refractivity contribution is 0.180. The van der Waals surface area contributed by atoms with E-state index in [9.17, 15) is 16.8 Å². The fraction of sp³-hybridized carbons (Fsp3) is 0.333. The largest absolute Gasteiger partial charge is 0.493 e. The van der Waals surface area contributed by atoms with Gasteiger partial charge in [-0.15, -0.1) is 0 Å². The number of benzene rings is 2. The van der Waals surface area contributed by atoms with Crippen molar-refractivity contribution < 1.29 is 31.0 Å². The quantitative estimate of drug-likeness (QED) is 0.573. The van der Waals surface area contributed by atoms with Crippen molar-refractivity contribution in [2.75, 3.05) is 32.7 Å². The van der Waals surface area contributed by atoms with E-state index in [1.165, 1.54) is 63.8 Å². The molecule has 2 N–H and O–H groups in total. The molecule has 0 aromatic heterocycles. The van der Waals surface area contributed by atoms with Crippen LogP contribution in [0.1, 0.15) is 6.92 Å². The number of anilines is 1. The Morgan fingerprint density at radius 2 is 1.41 bits per heavy atom. The summed E-state index contributed by atoms with van der Waals surface area (Å²) in [6, 6.07) is 9.15. The van der Waals surface area contributed by atoms with Gasteiger partial charge in [-0.2, -0.15) is 0 Å². The van der Waals surface area contributed by atoms with E-state index in [0.29, 0.717) is 5.75 Å². The van der Waals surface area contributed by atoms with Gasteiger partial charge in [0.05, 0.1) is 30.6 Å². The van der Waals surface area contributed by atoms with E-state index >= 15 is 0 Å². The van der Waals surface area contributed by atoms with Crippen LogP contribution in [0, 0.1) is 0 Å². The number of sulfonamides is 2. The smallest absolute Gasteiger partial charge is 0.262 e. The Morgan fingerprint density at radius 1 is 0.828 bits per heavy atom. The number of methoxy groups -OCH3 is 3. The van der Waals surface area contributed by atoms with Crippen LogP contribution in [0.15, 0.2) is 52.3 Å². The maximum Gasteiger partial charge on any atom is 0.262 e. The predicted octanol–water partition coefficient (Wildman–Crippen LogP) is 1.82. The van der Waals surface area contributed by atoms with Gasteiger partial charge >= 0.3 is 0 Å². The molecule has 0 radical (unpaired) electrons. The van der Waals surface area contributed by atoms with Crippen molar-refractivity contribution in [3.05, 3.63) is 42.5 Å². The summed E-state index contributed by atoms with van der Waals surface area (Å²) in [5.41, 5.74) is 0.212. The Labute approximate surface area is 171 Å². The maximum absolute atomic E-state index is 12.6. The van der Waals surface area contributed by atoms with Crippen molar-refractivity contribution >= 4 is 25.7 Å². The zero-order valence-corrected chi connectivity index (χ0v) is 18.1. The first-order chi connectivity index (χ1) is 13.6. The van der Waals surface area contributed by atoms with E-state index in [1.54, 1.807) is 6.92 Å². The number of hydrogen-bond acceptors (Lipinski definition) is 7. The lowest BCUT2D eigenvalue weighted by Crippen LogP contribution is -2.35. The van der Waals surface area contributed by atoms with Gasteiger partial charge in [0.25, 0.3) is 10.0 Å². The molecule has 2 rings (SSSR count). The molecular weight excluding hydrogens is 420 g/mol. The summed E-state index contributed by atoms with van der Waals surface area (Å²) in [5, 5.41) is 0. The molecule has 0 saturated carbocycles. The van der Waals surface area contributed by atoms with Gasteiger partial charge in [0.15, 0.2) is 11.5 Å². The SMILES string of the molecule is COC[C@@H](C)NS(=O)(=O)c1ccc(NS(=O)(=O)c2ccc(OC)c(OC)c2)cc1. The van der Waals surface area contributed by atoms with Gasteiger partial charge in [0.1, 0.15) is 0 Å². The molecule has 160 valence electrons. The van der Waals surface area contributed by atoms with Crippen LogP contribution in [-0.4, -0.2) is 50.8 Å². The van der Waals surface area contributed by atoms with Gasteiger partial charge < -0.3 is 14.2 Å². The minimum Gasteiger partial charge on any atom is -0.493 e. The van der Waals surface area contributed by atoms with Crippen molar-refractivity contribution in [1.82, 2.24) is 4.72 Å². The molecule has 0 amide bonds. The molecule has 11 heteroatoms. The predicted molar refractivity (Wildman–Crippen MR) is 108 cm³/mol. The van der Waals surface area contributed by atoms with Crippen LogP contribution in [0.5, 0.6) is 11.5 Å². The molecule has 0 fully saturated rings. The minimum absolute atomic E-state index is 0.00881. The lowest BCUT2D eigenvalue weighted by atomic mass is 10.3. The number of hydrogen-bond donors (Lipinski definition) is 2. The highest BCUT2D eigenvalue weighted by Gasteiger charge is 2.19. The third-order valence-electron chi connectivity index (χ3n) is 3.86. The minimum atomic E-state index is -3.91. The Balaban J connectivity index is 2.20. The van der Waals surface area contributed by atoms with E-state index in [-0.39, 0.29) is 27.8 Å². The first-order valence-corrected chi connectivity index (χ1v) is 11.5. The first-order valence-electron chi connectivity index (χ1n) is 8.49. The number of rotatable bonds is 10. The van der Waals surface area contributed by atoms with Gasteiger partial charge in [-0.25, -0.2) is 21.6 Å². The molecule has 0 saturated heterocycles. The number of ether oxygens (including phenoxy) is 3. The molecule has 2 aromatic carbocycles. The fourth-order valence-corrected chi connectivity index (χ4v) is 4.82. The average molecular weight is 445 g/mol. The highest BCUT2D eigenvalue weighted by molar-refractivity contribution is 7.92. The van der Waals surface area contributed by atoms with Crippen LogP contribution in [0.2, 0.25) is 0 Å². The molecule has 0 aliphatic rings. The van der Waals surface area contributed by atoms with Crippen LogP contribution < -0.4 is 18.9 Å². The van der Waals surface area contributed by atoms with Crippen LogP contribution >= 0.6 is 0 Å². The van der Waals surface area contributed by atoms with E-state index in [0.717, 1.165) is 0 Å². The van der Waals surface area contributed by atoms with Crippen molar-refractivity contribution in [1.29, 1.82) is 0 Å². The fourth-order valence-electron chi connectivity index (χ4n) is 2.52. The van der Waals surface area contributed by atoms with Crippen LogP contribution in [0.3, 0.4) is 0 Å². The van der Waals surface area contributed by atoms with Gasteiger partial charge in [0, 0.05) is 24.9 Å². The van der Waals surface area contributed by atoms with Gasteiger partial charge in [0.2, 0.25) is 10.0 Å². The normalized spacial score (nSPS) is 13.0. The molecule has 0 bridgehead atoms. The molecule has 0 heterocycles. The molecule has 0 unspecified atom stereocenters. The lowest BCUT2D eigenvalue weighted by Gasteiger charge is -2.14. The monoisotopic (exact) mass is 444 g/mol. The second kappa shape index (κ2) is 9.44. The van der Waals surface area contributed by atoms with Crippen molar-refractivity contribution in [2.45, 2.75) is 22.8 Å². The zero-order chi connectivity index (χ0) is 21.7. The second-order valence-corrected chi connectivity index (χ2v) is 9.52. The summed E-state index contributed by atoms with van der Waals surface area (Å²) >= 11 is 0. The summed E-state index contributed by atoms with van der Waals surface area (Å²) in [7, 11) is -3.33. The second-order valence-electron chi connectivity index (χ2n) is 6.12. The first kappa shape index (κ1) is 22.9. The highest BCUT2D eigenvalue weighted by atomic mass is 32.2. The van der Waals surface area contributed by atoms with Crippen LogP contribution in [0.4, 0.5) is 5.69 Å². The molecule has 0 aliphatic heterocycles. The summed E-state index contributed by atoms with van der Waals surface area (Å²) in [5.74, 6) is 0.671. The molecule has 0 aliphatic carbocycles. The third kappa shape index (κ3) is 5.82. The zero-order valence-electron chi connectivity index (χ0n) is 16.5. The van der Waals surface area contributed by atoms with E-state index in [4.69, 9.17) is 14.2 Å². The Kier molecular flexibility index (Phi) is 7.47. The molecule has 9 nitrogen and oxygen atoms in total. The van der Waals surface area contributed by atoms with Crippen LogP contribution in [-0.2, 0) is 24.8 Å². The Bertz CT molecular complexity index is 1040. The van der Waals surface area contributed by atoms with Crippen molar-refractivity contribution in [2.24, 2.45) is 0 Å². The standard InChI is InChI=1S/C18H24N2O7S2/c1-13(12-25-2)19-28(21,22)15-7-5-14(6-8-15)20-29(23,24)16-9-10-17(26-3)18(11-16)27-4/h5-11,13,19-20H,12H2,1-4H3/t13-/m1/s1. The van der Waals surface area contributed by atoms with Gasteiger partial charge in [-0.05, 0) is 43.3 Å². The number of nitrogens with one attached hydrogen (secondary N) is 2. The molecule has 0 spiro atoms. The molecular formula is C18H24N2O7S2. The third-order valence-corrected chi connectivity index (χ3v) is 6.84. The van der Waals surface area contributed by atoms with Gasteiger partial charge in [-0.1, -0.05) is 0 Å². The maximum atomic E-state index is 12.6. The topological polar surface area (TPSA) is 120 Å². The van der Waals surface area contributed by atoms with Gasteiger partial charge in [-0.3, -0.25) is 4.72 Å². The average Bonchev–Trinajstić information content (AvgIpc) is 2.67. The van der Waals surface area contributed by atoms with Crippen molar-refractivity contribution in [3.63, 3.8) is 0 Å². The summed E-state index contributed by atoms with van der Waals surface area (Å²) < 4.78 is 69.9. The molecule has 2 aromatic rings. The summed E-state index contributed by atoms with van der Waals surface area (Å²) in [6.45, 7) is 1.90. The molecule has 29 heavy (non-hydrogen) atoms. The van der Waals surface area contributed by atoms with E-state index in [2.05, 4.69) is 9.44 Å². The Morgan fingerprint density at radius 3 is 1.97 bits per heavy atom. The van der Waals surface area contributed by atoms with Crippen LogP contribution in [0.25, 0.3) is 0 Å². The summed E-state index contributed by atoms with van der Waals surface area (Å²) in [6.07, 6.45) is 0. The van der Waals surface area contributed by atoms with E-state index < -0.39 is 26.1 Å². The highest BCUT2D eigenvalue weighted by Crippen LogP contribution is 2.30. The van der Waals surface area contributed by atoms with Crippen molar-refractivity contribution in [3.8, 4) is 11.5 Å². The van der Waals surface area contributed by atoms with E-state index in [1.807, 2.05) is 0 Å². The summed E-state index contributed by atoms with van der Waals surface area (Å²) in [4.78, 5) is -0.0172.